The van der Waals surface area contributed by atoms with Crippen LogP contribution in [0.1, 0.15) is 0 Å². The second kappa shape index (κ2) is 2.12. The molecule has 0 aromatic carbocycles. The first-order valence-electron chi connectivity index (χ1n) is 2.15. The maximum absolute atomic E-state index is 9.85. The third-order valence-corrected chi connectivity index (χ3v) is 0.614. The summed E-state index contributed by atoms with van der Waals surface area (Å²) < 4.78 is 0. The van der Waals surface area contributed by atoms with Gasteiger partial charge in [0.15, 0.2) is 0 Å². The van der Waals surface area contributed by atoms with Crippen LogP contribution in [0.4, 0.5) is 4.79 Å². The van der Waals surface area contributed by atoms with E-state index in [0.29, 0.717) is 0 Å². The van der Waals surface area contributed by atoms with Gasteiger partial charge in [-0.3, -0.25) is 0 Å². The summed E-state index contributed by atoms with van der Waals surface area (Å²) in [7, 11) is 0. The number of aromatic nitrogens is 3. The predicted molar refractivity (Wildman–Crippen MR) is 27.4 cm³/mol. The van der Waals surface area contributed by atoms with Gasteiger partial charge in [-0.1, -0.05) is 4.91 Å². The minimum absolute atomic E-state index is 0.850. The van der Waals surface area contributed by atoms with E-state index in [0.717, 1.165) is 4.91 Å². The van der Waals surface area contributed by atoms with E-state index in [4.69, 9.17) is 5.11 Å². The predicted octanol–water partition coefficient (Wildman–Crippen LogP) is -0.500. The van der Waals surface area contributed by atoms with Crippen LogP contribution in [-0.2, 0) is 0 Å². The molecule has 0 atom stereocenters. The van der Waals surface area contributed by atoms with Crippen molar-refractivity contribution in [2.45, 2.75) is 0 Å². The molecule has 1 rings (SSSR count). The molecule has 9 heavy (non-hydrogen) atoms. The topological polar surface area (TPSA) is 80.0 Å². The summed E-state index contributed by atoms with van der Waals surface area (Å²) in [6.07, 6.45) is 1.55. The Kier molecular flexibility index (Phi) is 1.31. The molecule has 0 aliphatic rings. The lowest BCUT2D eigenvalue weighted by molar-refractivity contribution is 0.204. The zero-order chi connectivity index (χ0) is 6.69. The van der Waals surface area contributed by atoms with Crippen molar-refractivity contribution in [2.24, 2.45) is 0 Å². The van der Waals surface area contributed by atoms with Crippen LogP contribution in [0.2, 0.25) is 0 Å². The molecule has 0 fully saturated rings. The lowest BCUT2D eigenvalue weighted by atomic mass is 11.0. The van der Waals surface area contributed by atoms with Crippen molar-refractivity contribution in [3.63, 3.8) is 0 Å². The van der Waals surface area contributed by atoms with Gasteiger partial charge in [0.1, 0.15) is 0 Å². The Morgan fingerprint density at radius 1 is 1.56 bits per heavy atom. The van der Waals surface area contributed by atoms with E-state index in [2.05, 4.69) is 10.2 Å². The largest absolute Gasteiger partial charge is 0.464 e. The molecular formula is C3H4N4O2. The summed E-state index contributed by atoms with van der Waals surface area (Å²) in [5, 5.41) is 15.0. The fourth-order valence-corrected chi connectivity index (χ4v) is 0.359. The molecule has 6 nitrogen and oxygen atoms in total. The molecule has 1 heterocycles. The minimum atomic E-state index is -1.19. The SMILES string of the molecule is O=C(O)Nn1nccn1. The standard InChI is InChI=1S/C3H4N4O2/c8-3(9)6-7-4-1-2-5-7/h1-2,6H,(H,8,9). The Labute approximate surface area is 50.1 Å². The Hall–Kier alpha value is -1.59. The normalized spacial score (nSPS) is 8.89. The molecule has 1 amide bonds. The van der Waals surface area contributed by atoms with Crippen LogP contribution in [0.5, 0.6) is 0 Å². The van der Waals surface area contributed by atoms with Gasteiger partial charge in [0.25, 0.3) is 0 Å². The number of amides is 1. The van der Waals surface area contributed by atoms with Gasteiger partial charge in [-0.2, -0.15) is 5.43 Å². The van der Waals surface area contributed by atoms with Gasteiger partial charge in [0.05, 0.1) is 12.4 Å². The van der Waals surface area contributed by atoms with Crippen molar-refractivity contribution >= 4 is 6.09 Å². The van der Waals surface area contributed by atoms with Crippen molar-refractivity contribution in [3.05, 3.63) is 12.4 Å². The van der Waals surface area contributed by atoms with Crippen LogP contribution in [0.3, 0.4) is 0 Å². The number of hydrogen-bond acceptors (Lipinski definition) is 3. The quantitative estimate of drug-likeness (QED) is 0.534. The van der Waals surface area contributed by atoms with Crippen LogP contribution in [0, 0.1) is 0 Å². The van der Waals surface area contributed by atoms with Gasteiger partial charge in [0.2, 0.25) is 0 Å². The summed E-state index contributed by atoms with van der Waals surface area (Å²) in [6.45, 7) is 0. The van der Waals surface area contributed by atoms with Gasteiger partial charge in [-0.15, -0.1) is 10.2 Å². The lowest BCUT2D eigenvalue weighted by Gasteiger charge is -1.93. The summed E-state index contributed by atoms with van der Waals surface area (Å²) in [4.78, 5) is 10.7. The zero-order valence-corrected chi connectivity index (χ0v) is 4.35. The zero-order valence-electron chi connectivity index (χ0n) is 4.35. The first kappa shape index (κ1) is 5.54. The molecule has 0 saturated carbocycles. The van der Waals surface area contributed by atoms with Gasteiger partial charge in [-0.05, 0) is 0 Å². The number of hydrogen-bond donors (Lipinski definition) is 2. The van der Waals surface area contributed by atoms with Crippen LogP contribution >= 0.6 is 0 Å². The fourth-order valence-electron chi connectivity index (χ4n) is 0.359. The molecule has 1 aromatic rings. The van der Waals surface area contributed by atoms with Crippen LogP contribution in [0.25, 0.3) is 0 Å². The van der Waals surface area contributed by atoms with Gasteiger partial charge < -0.3 is 5.11 Å². The first-order valence-corrected chi connectivity index (χ1v) is 2.15. The number of nitrogens with zero attached hydrogens (tertiary/aromatic N) is 3. The van der Waals surface area contributed by atoms with E-state index in [1.54, 1.807) is 0 Å². The average molecular weight is 128 g/mol. The van der Waals surface area contributed by atoms with Crippen LogP contribution in [0.15, 0.2) is 12.4 Å². The highest BCUT2D eigenvalue weighted by Crippen LogP contribution is 1.70. The van der Waals surface area contributed by atoms with Crippen molar-refractivity contribution in [1.29, 1.82) is 0 Å². The third-order valence-electron chi connectivity index (χ3n) is 0.614. The maximum Gasteiger partial charge on any atom is 0.426 e. The van der Waals surface area contributed by atoms with Crippen LogP contribution < -0.4 is 5.43 Å². The van der Waals surface area contributed by atoms with Gasteiger partial charge in [0, 0.05) is 0 Å². The molecule has 0 bridgehead atoms. The first-order chi connectivity index (χ1) is 4.29. The second-order valence-corrected chi connectivity index (χ2v) is 1.24. The van der Waals surface area contributed by atoms with Crippen molar-refractivity contribution in [1.82, 2.24) is 15.1 Å². The Morgan fingerprint density at radius 3 is 2.56 bits per heavy atom. The number of rotatable bonds is 1. The molecule has 6 heteroatoms. The van der Waals surface area contributed by atoms with E-state index >= 15 is 0 Å². The van der Waals surface area contributed by atoms with E-state index in [1.165, 1.54) is 12.4 Å². The second-order valence-electron chi connectivity index (χ2n) is 1.24. The molecule has 2 N–H and O–H groups in total. The monoisotopic (exact) mass is 128 g/mol. The lowest BCUT2D eigenvalue weighted by Crippen LogP contribution is -2.22. The highest BCUT2D eigenvalue weighted by molar-refractivity contribution is 5.72. The third kappa shape index (κ3) is 1.41. The maximum atomic E-state index is 9.85. The Morgan fingerprint density at radius 2 is 2.11 bits per heavy atom. The number of carbonyl (C=O) groups is 1. The molecule has 1 aromatic heterocycles. The molecule has 0 spiro atoms. The van der Waals surface area contributed by atoms with E-state index in [1.807, 2.05) is 5.43 Å². The fraction of sp³-hybridized carbons (Fsp3) is 0. The van der Waals surface area contributed by atoms with E-state index in [-0.39, 0.29) is 0 Å². The highest BCUT2D eigenvalue weighted by Gasteiger charge is 1.93. The number of carboxylic acid groups (broad SMARTS) is 1. The molecule has 48 valence electrons. The molecule has 0 aliphatic carbocycles. The molecule has 0 saturated heterocycles. The minimum Gasteiger partial charge on any atom is -0.464 e. The van der Waals surface area contributed by atoms with Gasteiger partial charge in [-0.25, -0.2) is 4.79 Å². The smallest absolute Gasteiger partial charge is 0.426 e. The molecule has 0 aliphatic heterocycles. The van der Waals surface area contributed by atoms with E-state index in [9.17, 15) is 4.79 Å². The summed E-state index contributed by atoms with van der Waals surface area (Å²) in [5.41, 5.74) is 1.90. The van der Waals surface area contributed by atoms with Gasteiger partial charge >= 0.3 is 6.09 Å². The van der Waals surface area contributed by atoms with Crippen molar-refractivity contribution in [3.8, 4) is 0 Å². The van der Waals surface area contributed by atoms with Crippen LogP contribution in [-0.4, -0.2) is 26.3 Å². The molecule has 0 unspecified atom stereocenters. The van der Waals surface area contributed by atoms with Crippen molar-refractivity contribution < 1.29 is 9.90 Å². The summed E-state index contributed by atoms with van der Waals surface area (Å²) >= 11 is 0. The average Bonchev–Trinajstić information content (AvgIpc) is 2.15. The molecular weight excluding hydrogens is 124 g/mol. The number of nitrogens with one attached hydrogen (secondary N) is 1. The Bertz CT molecular complexity index is 194. The summed E-state index contributed by atoms with van der Waals surface area (Å²) in [5.74, 6) is 0. The van der Waals surface area contributed by atoms with E-state index < -0.39 is 6.09 Å². The molecule has 0 radical (unpaired) electrons. The summed E-state index contributed by atoms with van der Waals surface area (Å²) in [6, 6.07) is 0. The van der Waals surface area contributed by atoms with Crippen molar-refractivity contribution in [2.75, 3.05) is 5.43 Å². The Balaban J connectivity index is 2.58. The highest BCUT2D eigenvalue weighted by atomic mass is 16.4.